The lowest BCUT2D eigenvalue weighted by molar-refractivity contribution is 0.101. The van der Waals surface area contributed by atoms with Crippen LogP contribution in [0.2, 0.25) is 0 Å². The van der Waals surface area contributed by atoms with Crippen LogP contribution in [0.1, 0.15) is 30.4 Å². The molecule has 0 saturated carbocycles. The number of anilines is 1. The Labute approximate surface area is 140 Å². The SMILES string of the molecule is COc1cc(NC(=O)c2cc(Br)cn2C(C)C)ccc1Br. The normalized spacial score (nSPS) is 10.8. The molecule has 0 unspecified atom stereocenters. The summed E-state index contributed by atoms with van der Waals surface area (Å²) in [6.45, 7) is 4.07. The van der Waals surface area contributed by atoms with Gasteiger partial charge in [0.25, 0.3) is 5.91 Å². The highest BCUT2D eigenvalue weighted by molar-refractivity contribution is 9.10. The molecule has 1 N–H and O–H groups in total. The molecule has 0 spiro atoms. The van der Waals surface area contributed by atoms with Crippen LogP contribution < -0.4 is 10.1 Å². The molecule has 0 radical (unpaired) electrons. The fourth-order valence-corrected chi connectivity index (χ4v) is 2.83. The van der Waals surface area contributed by atoms with Crippen LogP contribution in [0.4, 0.5) is 5.69 Å². The molecule has 112 valence electrons. The zero-order chi connectivity index (χ0) is 15.6. The Balaban J connectivity index is 2.26. The predicted molar refractivity (Wildman–Crippen MR) is 91.2 cm³/mol. The Morgan fingerprint density at radius 1 is 1.29 bits per heavy atom. The van der Waals surface area contributed by atoms with Crippen molar-refractivity contribution >= 4 is 43.5 Å². The number of methoxy groups -OCH3 is 1. The molecule has 4 nitrogen and oxygen atoms in total. The highest BCUT2D eigenvalue weighted by Gasteiger charge is 2.15. The van der Waals surface area contributed by atoms with E-state index < -0.39 is 0 Å². The van der Waals surface area contributed by atoms with Crippen LogP contribution >= 0.6 is 31.9 Å². The Morgan fingerprint density at radius 2 is 2.00 bits per heavy atom. The van der Waals surface area contributed by atoms with Gasteiger partial charge in [0.1, 0.15) is 11.4 Å². The number of carbonyl (C=O) groups is 1. The molecule has 0 aliphatic heterocycles. The minimum absolute atomic E-state index is 0.154. The molecule has 0 aliphatic carbocycles. The molecule has 0 atom stereocenters. The lowest BCUT2D eigenvalue weighted by Crippen LogP contribution is -2.17. The summed E-state index contributed by atoms with van der Waals surface area (Å²) in [5, 5.41) is 2.89. The van der Waals surface area contributed by atoms with Gasteiger partial charge in [-0.05, 0) is 63.9 Å². The summed E-state index contributed by atoms with van der Waals surface area (Å²) in [5.74, 6) is 0.520. The van der Waals surface area contributed by atoms with Gasteiger partial charge in [-0.15, -0.1) is 0 Å². The Kier molecular flexibility index (Phi) is 5.11. The first-order valence-electron chi connectivity index (χ1n) is 6.44. The minimum atomic E-state index is -0.154. The number of benzene rings is 1. The molecule has 6 heteroatoms. The topological polar surface area (TPSA) is 43.3 Å². The first-order chi connectivity index (χ1) is 9.92. The first kappa shape index (κ1) is 16.1. The molecular formula is C15H16Br2N2O2. The zero-order valence-electron chi connectivity index (χ0n) is 12.0. The van der Waals surface area contributed by atoms with Crippen LogP contribution in [0.25, 0.3) is 0 Å². The van der Waals surface area contributed by atoms with Crippen molar-refractivity contribution in [2.24, 2.45) is 0 Å². The van der Waals surface area contributed by atoms with E-state index in [-0.39, 0.29) is 11.9 Å². The molecule has 1 amide bonds. The number of ether oxygens (including phenoxy) is 1. The van der Waals surface area contributed by atoms with Crippen molar-refractivity contribution in [3.8, 4) is 5.75 Å². The van der Waals surface area contributed by atoms with E-state index in [1.807, 2.05) is 42.8 Å². The van der Waals surface area contributed by atoms with Crippen LogP contribution in [0.3, 0.4) is 0 Å². The molecule has 0 fully saturated rings. The van der Waals surface area contributed by atoms with Crippen molar-refractivity contribution in [2.75, 3.05) is 12.4 Å². The summed E-state index contributed by atoms with van der Waals surface area (Å²) in [4.78, 5) is 12.4. The maximum atomic E-state index is 12.4. The number of halogens is 2. The smallest absolute Gasteiger partial charge is 0.272 e. The van der Waals surface area contributed by atoms with Crippen molar-refractivity contribution in [3.63, 3.8) is 0 Å². The summed E-state index contributed by atoms with van der Waals surface area (Å²) in [7, 11) is 1.59. The third-order valence-corrected chi connectivity index (χ3v) is 4.10. The third-order valence-electron chi connectivity index (χ3n) is 3.01. The van der Waals surface area contributed by atoms with Crippen LogP contribution in [0.15, 0.2) is 39.4 Å². The summed E-state index contributed by atoms with van der Waals surface area (Å²) in [6.07, 6.45) is 1.90. The summed E-state index contributed by atoms with van der Waals surface area (Å²) < 4.78 is 8.88. The second-order valence-electron chi connectivity index (χ2n) is 4.85. The van der Waals surface area contributed by atoms with E-state index in [2.05, 4.69) is 37.2 Å². The van der Waals surface area contributed by atoms with Crippen molar-refractivity contribution in [1.82, 2.24) is 4.57 Å². The highest BCUT2D eigenvalue weighted by Crippen LogP contribution is 2.28. The number of amides is 1. The number of rotatable bonds is 4. The quantitative estimate of drug-likeness (QED) is 0.775. The van der Waals surface area contributed by atoms with Gasteiger partial charge in [-0.25, -0.2) is 0 Å². The van der Waals surface area contributed by atoms with Gasteiger partial charge in [-0.1, -0.05) is 0 Å². The van der Waals surface area contributed by atoms with Gasteiger partial charge in [0.05, 0.1) is 11.6 Å². The molecule has 21 heavy (non-hydrogen) atoms. The number of carbonyl (C=O) groups excluding carboxylic acids is 1. The van der Waals surface area contributed by atoms with E-state index in [0.717, 1.165) is 8.95 Å². The number of nitrogens with one attached hydrogen (secondary N) is 1. The van der Waals surface area contributed by atoms with Crippen LogP contribution in [-0.4, -0.2) is 17.6 Å². The Bertz CT molecular complexity index is 666. The molecule has 0 bridgehead atoms. The van der Waals surface area contributed by atoms with E-state index in [0.29, 0.717) is 17.1 Å². The largest absolute Gasteiger partial charge is 0.495 e. The molecule has 2 rings (SSSR count). The van der Waals surface area contributed by atoms with Crippen LogP contribution in [0.5, 0.6) is 5.75 Å². The van der Waals surface area contributed by atoms with Gasteiger partial charge in [-0.3, -0.25) is 4.79 Å². The maximum absolute atomic E-state index is 12.4. The number of hydrogen-bond acceptors (Lipinski definition) is 2. The van der Waals surface area contributed by atoms with Crippen molar-refractivity contribution < 1.29 is 9.53 Å². The van der Waals surface area contributed by atoms with E-state index in [1.54, 1.807) is 13.2 Å². The fraction of sp³-hybridized carbons (Fsp3) is 0.267. The minimum Gasteiger partial charge on any atom is -0.495 e. The van der Waals surface area contributed by atoms with Gasteiger partial charge in [0, 0.05) is 28.5 Å². The van der Waals surface area contributed by atoms with Gasteiger partial charge < -0.3 is 14.6 Å². The van der Waals surface area contributed by atoms with Crippen LogP contribution in [0, 0.1) is 0 Å². The first-order valence-corrected chi connectivity index (χ1v) is 8.03. The lowest BCUT2D eigenvalue weighted by Gasteiger charge is -2.13. The highest BCUT2D eigenvalue weighted by atomic mass is 79.9. The van der Waals surface area contributed by atoms with Gasteiger partial charge in [0.15, 0.2) is 0 Å². The second-order valence-corrected chi connectivity index (χ2v) is 6.62. The summed E-state index contributed by atoms with van der Waals surface area (Å²) >= 11 is 6.80. The van der Waals surface area contributed by atoms with Gasteiger partial charge in [0.2, 0.25) is 0 Å². The van der Waals surface area contributed by atoms with Gasteiger partial charge in [-0.2, -0.15) is 0 Å². The van der Waals surface area contributed by atoms with Gasteiger partial charge >= 0.3 is 0 Å². The monoisotopic (exact) mass is 414 g/mol. The summed E-state index contributed by atoms with van der Waals surface area (Å²) in [6, 6.07) is 7.45. The fourth-order valence-electron chi connectivity index (χ4n) is 1.99. The molecule has 0 aliphatic rings. The number of nitrogens with zero attached hydrogens (tertiary/aromatic N) is 1. The third kappa shape index (κ3) is 3.68. The number of aromatic nitrogens is 1. The molecule has 0 saturated heterocycles. The predicted octanol–water partition coefficient (Wildman–Crippen LogP) is 4.85. The van der Waals surface area contributed by atoms with Crippen molar-refractivity contribution in [2.45, 2.75) is 19.9 Å². The second kappa shape index (κ2) is 6.66. The number of hydrogen-bond donors (Lipinski definition) is 1. The standard InChI is InChI=1S/C15H16Br2N2O2/c1-9(2)19-8-10(16)6-13(19)15(20)18-11-4-5-12(17)14(7-11)21-3/h4-9H,1-3H3,(H,18,20). The van der Waals surface area contributed by atoms with E-state index in [1.165, 1.54) is 0 Å². The Hall–Kier alpha value is -1.27. The zero-order valence-corrected chi connectivity index (χ0v) is 15.2. The molecule has 2 aromatic rings. The summed E-state index contributed by atoms with van der Waals surface area (Å²) in [5.41, 5.74) is 1.30. The maximum Gasteiger partial charge on any atom is 0.272 e. The van der Waals surface area contributed by atoms with Crippen molar-refractivity contribution in [1.29, 1.82) is 0 Å². The average molecular weight is 416 g/mol. The molecule has 1 aromatic carbocycles. The average Bonchev–Trinajstić information content (AvgIpc) is 2.83. The van der Waals surface area contributed by atoms with Crippen molar-refractivity contribution in [3.05, 3.63) is 45.1 Å². The molecule has 1 heterocycles. The van der Waals surface area contributed by atoms with E-state index in [4.69, 9.17) is 4.74 Å². The molecule has 1 aromatic heterocycles. The van der Waals surface area contributed by atoms with E-state index >= 15 is 0 Å². The van der Waals surface area contributed by atoms with Crippen LogP contribution in [-0.2, 0) is 0 Å². The lowest BCUT2D eigenvalue weighted by atomic mass is 10.2. The molecular weight excluding hydrogens is 400 g/mol. The van der Waals surface area contributed by atoms with E-state index in [9.17, 15) is 4.79 Å². The Morgan fingerprint density at radius 3 is 2.62 bits per heavy atom.